The van der Waals surface area contributed by atoms with Crippen molar-refractivity contribution >= 4 is 27.5 Å². The van der Waals surface area contributed by atoms with Gasteiger partial charge in [0.15, 0.2) is 0 Å². The molecule has 0 fully saturated rings. The summed E-state index contributed by atoms with van der Waals surface area (Å²) in [7, 11) is 3.10. The van der Waals surface area contributed by atoms with Crippen LogP contribution >= 0.6 is 27.5 Å². The third-order valence-electron chi connectivity index (χ3n) is 2.97. The van der Waals surface area contributed by atoms with E-state index in [1.54, 1.807) is 37.4 Å². The zero-order valence-corrected chi connectivity index (χ0v) is 13.3. The van der Waals surface area contributed by atoms with Gasteiger partial charge in [0.1, 0.15) is 21.8 Å². The molecular weight excluding hydrogens is 347 g/mol. The van der Waals surface area contributed by atoms with Crippen molar-refractivity contribution in [1.82, 2.24) is 0 Å². The van der Waals surface area contributed by atoms with Crippen molar-refractivity contribution in [2.75, 3.05) is 14.2 Å². The van der Waals surface area contributed by atoms with Gasteiger partial charge in [0.05, 0.1) is 19.6 Å². The number of hydrogen-bond acceptors (Lipinski definition) is 2. The number of rotatable bonds is 4. The molecule has 0 bridgehead atoms. The van der Waals surface area contributed by atoms with Crippen LogP contribution in [-0.4, -0.2) is 14.2 Å². The lowest BCUT2D eigenvalue weighted by Crippen LogP contribution is -2.01. The van der Waals surface area contributed by atoms with Gasteiger partial charge in [0, 0.05) is 11.1 Å². The van der Waals surface area contributed by atoms with Crippen molar-refractivity contribution in [2.24, 2.45) is 0 Å². The molecule has 0 saturated heterocycles. The maximum Gasteiger partial charge on any atom is 0.141 e. The summed E-state index contributed by atoms with van der Waals surface area (Å²) < 4.78 is 25.1. The molecule has 2 aromatic rings. The molecule has 0 N–H and O–H groups in total. The molecule has 0 aliphatic carbocycles. The summed E-state index contributed by atoms with van der Waals surface area (Å²) >= 11 is 9.82. The maximum absolute atomic E-state index is 13.8. The van der Waals surface area contributed by atoms with E-state index in [0.29, 0.717) is 27.1 Å². The van der Waals surface area contributed by atoms with Crippen LogP contribution in [-0.2, 0) is 0 Å². The predicted octanol–water partition coefficient (Wildman–Crippen LogP) is 4.93. The van der Waals surface area contributed by atoms with Gasteiger partial charge in [-0.1, -0.05) is 18.2 Å². The van der Waals surface area contributed by atoms with Crippen LogP contribution in [0.25, 0.3) is 0 Å². The van der Waals surface area contributed by atoms with Crippen LogP contribution in [0.4, 0.5) is 4.39 Å². The predicted molar refractivity (Wildman–Crippen MR) is 81.3 cm³/mol. The Morgan fingerprint density at radius 3 is 2.35 bits per heavy atom. The molecule has 0 aromatic heterocycles. The summed E-state index contributed by atoms with van der Waals surface area (Å²) in [6, 6.07) is 9.95. The van der Waals surface area contributed by atoms with Gasteiger partial charge in [-0.15, -0.1) is 11.6 Å². The Bertz CT molecular complexity index is 619. The number of ether oxygens (including phenoxy) is 2. The molecule has 0 heterocycles. The lowest BCUT2D eigenvalue weighted by atomic mass is 10.0. The van der Waals surface area contributed by atoms with E-state index >= 15 is 0 Å². The Kier molecular flexibility index (Phi) is 4.89. The van der Waals surface area contributed by atoms with E-state index in [0.717, 1.165) is 0 Å². The molecule has 2 aromatic carbocycles. The molecule has 0 aliphatic rings. The lowest BCUT2D eigenvalue weighted by molar-refractivity contribution is 0.386. The zero-order valence-electron chi connectivity index (χ0n) is 11.0. The summed E-state index contributed by atoms with van der Waals surface area (Å²) in [5.41, 5.74) is 1.08. The van der Waals surface area contributed by atoms with Crippen LogP contribution in [0.1, 0.15) is 16.5 Å². The van der Waals surface area contributed by atoms with E-state index in [4.69, 9.17) is 21.1 Å². The van der Waals surface area contributed by atoms with Gasteiger partial charge in [-0.25, -0.2) is 4.39 Å². The second kappa shape index (κ2) is 6.46. The van der Waals surface area contributed by atoms with Gasteiger partial charge < -0.3 is 9.47 Å². The molecule has 0 amide bonds. The second-order valence-electron chi connectivity index (χ2n) is 4.09. The summed E-state index contributed by atoms with van der Waals surface area (Å²) in [5, 5.41) is -0.645. The number of benzene rings is 2. The van der Waals surface area contributed by atoms with Crippen LogP contribution in [0.15, 0.2) is 40.9 Å². The van der Waals surface area contributed by atoms with Crippen molar-refractivity contribution in [3.8, 4) is 11.5 Å². The highest BCUT2D eigenvalue weighted by atomic mass is 79.9. The van der Waals surface area contributed by atoms with E-state index < -0.39 is 5.38 Å². The molecule has 0 saturated carbocycles. The first-order valence-corrected chi connectivity index (χ1v) is 7.12. The Morgan fingerprint density at radius 2 is 1.75 bits per heavy atom. The summed E-state index contributed by atoms with van der Waals surface area (Å²) in [5.74, 6) is 0.817. The summed E-state index contributed by atoms with van der Waals surface area (Å²) in [4.78, 5) is 0. The first-order chi connectivity index (χ1) is 9.60. The second-order valence-corrected chi connectivity index (χ2v) is 5.32. The number of halogens is 3. The quantitative estimate of drug-likeness (QED) is 0.720. The lowest BCUT2D eigenvalue weighted by Gasteiger charge is -2.17. The molecular formula is C15H13BrClFO2. The van der Waals surface area contributed by atoms with Gasteiger partial charge >= 0.3 is 0 Å². The fourth-order valence-electron chi connectivity index (χ4n) is 1.97. The number of alkyl halides is 1. The Balaban J connectivity index is 2.53. The van der Waals surface area contributed by atoms with E-state index in [9.17, 15) is 4.39 Å². The molecule has 2 nitrogen and oxygen atoms in total. The van der Waals surface area contributed by atoms with Crippen molar-refractivity contribution in [2.45, 2.75) is 5.38 Å². The molecule has 0 spiro atoms. The van der Waals surface area contributed by atoms with Crippen molar-refractivity contribution < 1.29 is 13.9 Å². The fourth-order valence-corrected chi connectivity index (χ4v) is 3.00. The largest absolute Gasteiger partial charge is 0.495 e. The molecule has 20 heavy (non-hydrogen) atoms. The standard InChI is InChI=1S/C15H13BrClFO2/c1-19-12-8-7-10(15(20-2)13(12)16)14(17)9-5-3-4-6-11(9)18/h3-8,14H,1-2H3. The van der Waals surface area contributed by atoms with E-state index in [2.05, 4.69) is 15.9 Å². The molecule has 1 atom stereocenters. The highest BCUT2D eigenvalue weighted by Gasteiger charge is 2.22. The Labute approximate surface area is 130 Å². The van der Waals surface area contributed by atoms with Crippen LogP contribution in [0, 0.1) is 5.82 Å². The average molecular weight is 360 g/mol. The minimum absolute atomic E-state index is 0.346. The average Bonchev–Trinajstić information content (AvgIpc) is 2.46. The molecule has 2 rings (SSSR count). The zero-order chi connectivity index (χ0) is 14.7. The first kappa shape index (κ1) is 15.1. The third kappa shape index (κ3) is 2.76. The number of methoxy groups -OCH3 is 2. The molecule has 0 radical (unpaired) electrons. The maximum atomic E-state index is 13.8. The SMILES string of the molecule is COc1ccc(C(Cl)c2ccccc2F)c(OC)c1Br. The van der Waals surface area contributed by atoms with E-state index in [-0.39, 0.29) is 5.82 Å². The smallest absolute Gasteiger partial charge is 0.141 e. The van der Waals surface area contributed by atoms with Gasteiger partial charge in [-0.2, -0.15) is 0 Å². The minimum Gasteiger partial charge on any atom is -0.495 e. The number of hydrogen-bond donors (Lipinski definition) is 0. The molecule has 106 valence electrons. The van der Waals surface area contributed by atoms with E-state index in [1.807, 2.05) is 0 Å². The van der Waals surface area contributed by atoms with E-state index in [1.165, 1.54) is 13.2 Å². The van der Waals surface area contributed by atoms with Gasteiger partial charge in [0.25, 0.3) is 0 Å². The Morgan fingerprint density at radius 1 is 1.05 bits per heavy atom. The highest BCUT2D eigenvalue weighted by molar-refractivity contribution is 9.10. The van der Waals surface area contributed by atoms with Crippen LogP contribution in [0.2, 0.25) is 0 Å². The summed E-state index contributed by atoms with van der Waals surface area (Å²) in [6.45, 7) is 0. The third-order valence-corrected chi connectivity index (χ3v) is 4.19. The Hall–Kier alpha value is -1.26. The van der Waals surface area contributed by atoms with Gasteiger partial charge in [-0.3, -0.25) is 0 Å². The van der Waals surface area contributed by atoms with Gasteiger partial charge in [-0.05, 0) is 34.1 Å². The fraction of sp³-hybridized carbons (Fsp3) is 0.200. The molecule has 0 aliphatic heterocycles. The molecule has 5 heteroatoms. The molecule has 1 unspecified atom stereocenters. The van der Waals surface area contributed by atoms with Crippen molar-refractivity contribution in [3.63, 3.8) is 0 Å². The summed E-state index contributed by atoms with van der Waals surface area (Å²) in [6.07, 6.45) is 0. The van der Waals surface area contributed by atoms with Crippen LogP contribution < -0.4 is 9.47 Å². The monoisotopic (exact) mass is 358 g/mol. The van der Waals surface area contributed by atoms with Crippen LogP contribution in [0.5, 0.6) is 11.5 Å². The normalized spacial score (nSPS) is 12.1. The van der Waals surface area contributed by atoms with Gasteiger partial charge in [0.2, 0.25) is 0 Å². The topological polar surface area (TPSA) is 18.5 Å². The van der Waals surface area contributed by atoms with Crippen molar-refractivity contribution in [3.05, 3.63) is 57.8 Å². The highest BCUT2D eigenvalue weighted by Crippen LogP contribution is 2.43. The minimum atomic E-state index is -0.645. The van der Waals surface area contributed by atoms with Crippen LogP contribution in [0.3, 0.4) is 0 Å². The first-order valence-electron chi connectivity index (χ1n) is 5.89. The van der Waals surface area contributed by atoms with Crippen molar-refractivity contribution in [1.29, 1.82) is 0 Å².